The van der Waals surface area contributed by atoms with Crippen LogP contribution in [-0.2, 0) is 39.2 Å². The minimum absolute atomic E-state index is 0.0215. The van der Waals surface area contributed by atoms with E-state index in [-0.39, 0.29) is 44.4 Å². The van der Waals surface area contributed by atoms with Gasteiger partial charge in [0.15, 0.2) is 6.29 Å². The van der Waals surface area contributed by atoms with Gasteiger partial charge in [-0.15, -0.1) is 5.10 Å². The minimum atomic E-state index is -0.614. The van der Waals surface area contributed by atoms with Crippen molar-refractivity contribution in [2.45, 2.75) is 50.7 Å². The van der Waals surface area contributed by atoms with E-state index in [0.717, 1.165) is 22.3 Å². The van der Waals surface area contributed by atoms with Crippen LogP contribution in [-0.4, -0.2) is 62.3 Å². The summed E-state index contributed by atoms with van der Waals surface area (Å²) in [5.74, 6) is 0.168. The van der Waals surface area contributed by atoms with Crippen LogP contribution in [0.25, 0.3) is 0 Å². The average molecular weight is 571 g/mol. The Bertz CT molecular complexity index is 1260. The van der Waals surface area contributed by atoms with Crippen LogP contribution in [0.15, 0.2) is 53.7 Å². The van der Waals surface area contributed by atoms with Crippen molar-refractivity contribution < 1.29 is 28.9 Å². The van der Waals surface area contributed by atoms with Crippen molar-refractivity contribution in [3.8, 4) is 0 Å². The van der Waals surface area contributed by atoms with Gasteiger partial charge in [0.1, 0.15) is 6.54 Å². The third-order valence-corrected chi connectivity index (χ3v) is 7.58. The van der Waals surface area contributed by atoms with Crippen LogP contribution in [0.3, 0.4) is 0 Å². The number of hydrogen-bond donors (Lipinski definition) is 3. The summed E-state index contributed by atoms with van der Waals surface area (Å²) in [7, 11) is 1.80. The molecule has 1 fully saturated rings. The number of amides is 2. The summed E-state index contributed by atoms with van der Waals surface area (Å²) < 4.78 is 19.4. The van der Waals surface area contributed by atoms with Gasteiger partial charge >= 0.3 is 12.0 Å². The number of carbonyl (C=O) groups excluding carboxylic acids is 2. The van der Waals surface area contributed by atoms with E-state index in [0.29, 0.717) is 10.9 Å². The number of carbonyl (C=O) groups is 2. The smallest absolute Gasteiger partial charge is 0.325 e. The number of rotatable bonds is 11. The predicted molar refractivity (Wildman–Crippen MR) is 146 cm³/mol. The van der Waals surface area contributed by atoms with E-state index < -0.39 is 18.3 Å². The average Bonchev–Trinajstić information content (AvgIpc) is 3.39. The monoisotopic (exact) mass is 570 g/mol. The third kappa shape index (κ3) is 7.78. The molecule has 2 amide bonds. The molecule has 3 aromatic rings. The molecular weight excluding hydrogens is 536 g/mol. The molecule has 12 nitrogen and oxygen atoms in total. The summed E-state index contributed by atoms with van der Waals surface area (Å²) in [6.45, 7) is 4.14. The fourth-order valence-corrected chi connectivity index (χ4v) is 5.23. The van der Waals surface area contributed by atoms with Gasteiger partial charge in [0.05, 0.1) is 25.4 Å². The molecule has 0 aliphatic carbocycles. The molecule has 214 valence electrons. The number of aryl methyl sites for hydroxylation is 1. The number of hydrogen-bond acceptors (Lipinski definition) is 10. The molecule has 0 unspecified atom stereocenters. The SMILES string of the molecule is CCOC(=O)CNC(=O)NCc1ccc([C@@H]2O[C@H](CSc3nnnn3C)[C@H](C)[C@H](c3ccc(CO)cc3)O2)cc1. The number of aliphatic hydroxyl groups is 1. The van der Waals surface area contributed by atoms with Crippen molar-refractivity contribution in [2.24, 2.45) is 13.0 Å². The Labute approximate surface area is 236 Å². The third-order valence-electron chi connectivity index (χ3n) is 6.48. The van der Waals surface area contributed by atoms with Crippen LogP contribution in [0.1, 0.15) is 48.5 Å². The van der Waals surface area contributed by atoms with Crippen molar-refractivity contribution in [1.29, 1.82) is 0 Å². The lowest BCUT2D eigenvalue weighted by molar-refractivity contribution is -0.268. The van der Waals surface area contributed by atoms with Gasteiger partial charge in [-0.1, -0.05) is 67.2 Å². The van der Waals surface area contributed by atoms with Crippen LogP contribution in [0, 0.1) is 5.92 Å². The quantitative estimate of drug-likeness (QED) is 0.232. The van der Waals surface area contributed by atoms with Crippen LogP contribution in [0.4, 0.5) is 4.79 Å². The van der Waals surface area contributed by atoms with E-state index in [9.17, 15) is 14.7 Å². The van der Waals surface area contributed by atoms with Crippen LogP contribution in [0.5, 0.6) is 0 Å². The second-order valence-corrected chi connectivity index (χ2v) is 10.3. The summed E-state index contributed by atoms with van der Waals surface area (Å²) >= 11 is 1.52. The second kappa shape index (κ2) is 14.2. The van der Waals surface area contributed by atoms with Crippen molar-refractivity contribution >= 4 is 23.8 Å². The van der Waals surface area contributed by atoms with Gasteiger partial charge in [-0.2, -0.15) is 0 Å². The van der Waals surface area contributed by atoms with E-state index in [4.69, 9.17) is 14.2 Å². The highest BCUT2D eigenvalue weighted by atomic mass is 32.2. The number of urea groups is 1. The molecule has 0 saturated carbocycles. The highest BCUT2D eigenvalue weighted by Gasteiger charge is 2.38. The summed E-state index contributed by atoms with van der Waals surface area (Å²) in [6, 6.07) is 14.9. The standard InChI is InChI=1S/C27H34N6O6S/c1-4-37-23(35)14-29-26(36)28-13-18-5-11-21(12-6-18)25-38-22(16-40-27-30-31-32-33(27)3)17(2)24(39-25)20-9-7-19(15-34)8-10-20/h5-12,17,22,24-25,34H,4,13-16H2,1-3H3,(H2,28,29,36)/t17-,22+,24+,25+/m0/s1. The zero-order valence-corrected chi connectivity index (χ0v) is 23.5. The molecule has 0 radical (unpaired) electrons. The van der Waals surface area contributed by atoms with Gasteiger partial charge in [-0.3, -0.25) is 4.79 Å². The molecular formula is C27H34N6O6S. The zero-order chi connectivity index (χ0) is 28.5. The van der Waals surface area contributed by atoms with Gasteiger partial charge in [-0.05, 0) is 34.0 Å². The normalized spacial score (nSPS) is 20.6. The number of aliphatic hydroxyl groups excluding tert-OH is 1. The first-order valence-corrected chi connectivity index (χ1v) is 14.0. The first-order chi connectivity index (χ1) is 19.4. The number of ether oxygens (including phenoxy) is 3. The second-order valence-electron chi connectivity index (χ2n) is 9.30. The number of tetrazole rings is 1. The Morgan fingerprint density at radius 2 is 1.75 bits per heavy atom. The first kappa shape index (κ1) is 29.5. The summed E-state index contributed by atoms with van der Waals surface area (Å²) in [6.07, 6.45) is -1.01. The Hall–Kier alpha value is -3.52. The molecule has 1 aliphatic rings. The molecule has 4 atom stereocenters. The van der Waals surface area contributed by atoms with Gasteiger partial charge in [0, 0.05) is 30.8 Å². The lowest BCUT2D eigenvalue weighted by atomic mass is 9.91. The first-order valence-electron chi connectivity index (χ1n) is 13.0. The number of esters is 1. The highest BCUT2D eigenvalue weighted by molar-refractivity contribution is 7.99. The Morgan fingerprint density at radius 3 is 2.40 bits per heavy atom. The number of aromatic nitrogens is 4. The lowest BCUT2D eigenvalue weighted by Gasteiger charge is -2.41. The maximum Gasteiger partial charge on any atom is 0.325 e. The molecule has 1 aromatic heterocycles. The fourth-order valence-electron chi connectivity index (χ4n) is 4.21. The number of nitrogens with one attached hydrogen (secondary N) is 2. The van der Waals surface area contributed by atoms with E-state index in [1.807, 2.05) is 48.5 Å². The summed E-state index contributed by atoms with van der Waals surface area (Å²) in [5.41, 5.74) is 3.55. The van der Waals surface area contributed by atoms with Crippen LogP contribution < -0.4 is 10.6 Å². The number of nitrogens with zero attached hydrogens (tertiary/aromatic N) is 4. The summed E-state index contributed by atoms with van der Waals surface area (Å²) in [4.78, 5) is 23.4. The highest BCUT2D eigenvalue weighted by Crippen LogP contribution is 2.42. The molecule has 1 aliphatic heterocycles. The van der Waals surface area contributed by atoms with Crippen molar-refractivity contribution in [3.05, 3.63) is 70.8 Å². The van der Waals surface area contributed by atoms with Crippen molar-refractivity contribution in [3.63, 3.8) is 0 Å². The summed E-state index contributed by atoms with van der Waals surface area (Å²) in [5, 5.41) is 27.0. The molecule has 2 heterocycles. The molecule has 2 aromatic carbocycles. The molecule has 1 saturated heterocycles. The fraction of sp³-hybridized carbons (Fsp3) is 0.444. The largest absolute Gasteiger partial charge is 0.465 e. The van der Waals surface area contributed by atoms with Crippen molar-refractivity contribution in [1.82, 2.24) is 30.8 Å². The predicted octanol–water partition coefficient (Wildman–Crippen LogP) is 2.65. The Balaban J connectivity index is 1.43. The number of benzene rings is 2. The van der Waals surface area contributed by atoms with Crippen LogP contribution in [0.2, 0.25) is 0 Å². The Morgan fingerprint density at radius 1 is 1.05 bits per heavy atom. The molecule has 3 N–H and O–H groups in total. The molecule has 40 heavy (non-hydrogen) atoms. The Kier molecular flexibility index (Phi) is 10.5. The zero-order valence-electron chi connectivity index (χ0n) is 22.6. The topological polar surface area (TPSA) is 150 Å². The maximum atomic E-state index is 12.0. The minimum Gasteiger partial charge on any atom is -0.465 e. The molecule has 0 spiro atoms. The van der Waals surface area contributed by atoms with E-state index >= 15 is 0 Å². The molecule has 0 bridgehead atoms. The van der Waals surface area contributed by atoms with Crippen molar-refractivity contribution in [2.75, 3.05) is 18.9 Å². The van der Waals surface area contributed by atoms with Gasteiger partial charge in [0.25, 0.3) is 0 Å². The molecule has 4 rings (SSSR count). The molecule has 13 heteroatoms. The van der Waals surface area contributed by atoms with Gasteiger partial charge in [0.2, 0.25) is 5.16 Å². The number of thioether (sulfide) groups is 1. The van der Waals surface area contributed by atoms with E-state index in [1.54, 1.807) is 18.7 Å². The van der Waals surface area contributed by atoms with E-state index in [1.165, 1.54) is 11.8 Å². The lowest BCUT2D eigenvalue weighted by Crippen LogP contribution is -2.39. The van der Waals surface area contributed by atoms with E-state index in [2.05, 4.69) is 33.1 Å². The van der Waals surface area contributed by atoms with Gasteiger partial charge in [-0.25, -0.2) is 9.48 Å². The van der Waals surface area contributed by atoms with Crippen LogP contribution >= 0.6 is 11.8 Å². The maximum absolute atomic E-state index is 12.0. The van der Waals surface area contributed by atoms with Gasteiger partial charge < -0.3 is 30.0 Å².